The maximum absolute atomic E-state index is 12.4. The Kier molecular flexibility index (Phi) is 5.36. The summed E-state index contributed by atoms with van der Waals surface area (Å²) < 4.78 is 0. The van der Waals surface area contributed by atoms with Crippen LogP contribution in [0.1, 0.15) is 19.4 Å². The molecule has 1 aliphatic heterocycles. The van der Waals surface area contributed by atoms with E-state index >= 15 is 0 Å². The quantitative estimate of drug-likeness (QED) is 0.866. The van der Waals surface area contributed by atoms with E-state index in [4.69, 9.17) is 5.11 Å². The molecule has 1 aliphatic rings. The normalized spacial score (nSPS) is 17.8. The maximum Gasteiger partial charge on any atom is 0.313 e. The van der Waals surface area contributed by atoms with E-state index < -0.39 is 5.97 Å². The van der Waals surface area contributed by atoms with Gasteiger partial charge in [0, 0.05) is 31.9 Å². The molecule has 0 fully saturated rings. The zero-order valence-electron chi connectivity index (χ0n) is 13.9. The first-order valence-corrected chi connectivity index (χ1v) is 8.44. The molecule has 0 spiro atoms. The maximum atomic E-state index is 12.4. The monoisotopic (exact) mass is 334 g/mol. The first kappa shape index (κ1) is 17.4. The Balaban J connectivity index is 2.15. The predicted octanol–water partition coefficient (Wildman–Crippen LogP) is 2.58. The van der Waals surface area contributed by atoms with Crippen molar-refractivity contribution in [1.29, 1.82) is 0 Å². The second-order valence-corrected chi connectivity index (χ2v) is 6.93. The molecule has 1 aromatic rings. The van der Waals surface area contributed by atoms with Crippen LogP contribution in [0, 0.1) is 0 Å². The number of nitrogens with zero attached hydrogens (tertiary/aromatic N) is 2. The van der Waals surface area contributed by atoms with Gasteiger partial charge in [-0.3, -0.25) is 9.59 Å². The summed E-state index contributed by atoms with van der Waals surface area (Å²) in [5, 5.41) is 8.70. The number of hydrogen-bond acceptors (Lipinski definition) is 4. The molecule has 2 rings (SSSR count). The summed E-state index contributed by atoms with van der Waals surface area (Å²) in [6, 6.07) is 8.04. The van der Waals surface area contributed by atoms with E-state index in [0.29, 0.717) is 6.54 Å². The number of anilines is 1. The fourth-order valence-corrected chi connectivity index (χ4v) is 3.60. The van der Waals surface area contributed by atoms with Gasteiger partial charge in [-0.25, -0.2) is 0 Å². The number of carboxylic acids is 1. The smallest absolute Gasteiger partial charge is 0.313 e. The molecule has 1 atom stereocenters. The Labute approximate surface area is 141 Å². The number of carboxylic acid groups (broad SMARTS) is 1. The van der Waals surface area contributed by atoms with Crippen LogP contribution in [0.3, 0.4) is 0 Å². The number of thioether (sulfide) groups is 1. The summed E-state index contributed by atoms with van der Waals surface area (Å²) >= 11 is 1.28. The topological polar surface area (TPSA) is 60.9 Å². The molecule has 1 amide bonds. The van der Waals surface area contributed by atoms with E-state index in [1.165, 1.54) is 11.8 Å². The summed E-state index contributed by atoms with van der Waals surface area (Å²) in [6.45, 7) is 4.20. The van der Waals surface area contributed by atoms with Crippen LogP contribution in [0.4, 0.5) is 5.69 Å². The minimum Gasteiger partial charge on any atom is -0.481 e. The highest BCUT2D eigenvalue weighted by atomic mass is 32.2. The highest BCUT2D eigenvalue weighted by Gasteiger charge is 2.35. The molecule has 6 heteroatoms. The van der Waals surface area contributed by atoms with Crippen LogP contribution in [0.15, 0.2) is 35.4 Å². The van der Waals surface area contributed by atoms with Crippen LogP contribution in [-0.2, 0) is 16.1 Å². The molecular weight excluding hydrogens is 312 g/mol. The molecule has 0 aliphatic carbocycles. The molecule has 1 heterocycles. The van der Waals surface area contributed by atoms with Crippen LogP contribution in [0.25, 0.3) is 0 Å². The number of rotatable bonds is 6. The van der Waals surface area contributed by atoms with Crippen LogP contribution < -0.4 is 4.90 Å². The van der Waals surface area contributed by atoms with Gasteiger partial charge in [0.2, 0.25) is 0 Å². The van der Waals surface area contributed by atoms with Gasteiger partial charge in [-0.1, -0.05) is 12.1 Å². The number of carbonyl (C=O) groups is 2. The minimum atomic E-state index is -0.866. The van der Waals surface area contributed by atoms with E-state index in [0.717, 1.165) is 22.4 Å². The zero-order valence-corrected chi connectivity index (χ0v) is 14.7. The summed E-state index contributed by atoms with van der Waals surface area (Å²) in [5.74, 6) is -0.893. The predicted molar refractivity (Wildman–Crippen MR) is 93.6 cm³/mol. The molecule has 0 bridgehead atoms. The Bertz CT molecular complexity index is 638. The summed E-state index contributed by atoms with van der Waals surface area (Å²) in [7, 11) is 3.96. The Morgan fingerprint density at radius 2 is 1.87 bits per heavy atom. The molecular formula is C17H22N2O3S. The molecule has 0 saturated carbocycles. The molecule has 1 unspecified atom stereocenters. The molecule has 23 heavy (non-hydrogen) atoms. The summed E-state index contributed by atoms with van der Waals surface area (Å²) in [6.07, 6.45) is 0. The van der Waals surface area contributed by atoms with E-state index in [2.05, 4.69) is 0 Å². The largest absolute Gasteiger partial charge is 0.481 e. The zero-order chi connectivity index (χ0) is 17.1. The third-order valence-electron chi connectivity index (χ3n) is 4.00. The lowest BCUT2D eigenvalue weighted by molar-refractivity contribution is -0.134. The number of amides is 1. The van der Waals surface area contributed by atoms with Gasteiger partial charge >= 0.3 is 5.97 Å². The number of carbonyl (C=O) groups excluding carboxylic acids is 1. The van der Waals surface area contributed by atoms with Crippen LogP contribution in [0.5, 0.6) is 0 Å². The van der Waals surface area contributed by atoms with E-state index in [-0.39, 0.29) is 17.0 Å². The van der Waals surface area contributed by atoms with Crippen molar-refractivity contribution >= 4 is 29.3 Å². The van der Waals surface area contributed by atoms with Gasteiger partial charge in [0.05, 0.1) is 5.75 Å². The van der Waals surface area contributed by atoms with Crippen molar-refractivity contribution in [3.63, 3.8) is 0 Å². The fourth-order valence-electron chi connectivity index (χ4n) is 2.53. The Morgan fingerprint density at radius 1 is 1.26 bits per heavy atom. The number of benzene rings is 1. The van der Waals surface area contributed by atoms with Gasteiger partial charge in [-0.2, -0.15) is 0 Å². The Morgan fingerprint density at radius 3 is 2.39 bits per heavy atom. The van der Waals surface area contributed by atoms with Crippen LogP contribution in [0.2, 0.25) is 0 Å². The SMILES string of the molecule is CC1=C(C)C(SCC(=O)O)N(Cc2ccc(N(C)C)cc2)C1=O. The molecule has 0 aromatic heterocycles. The number of aliphatic carboxylic acids is 1. The highest BCUT2D eigenvalue weighted by molar-refractivity contribution is 8.00. The molecule has 0 saturated heterocycles. The first-order chi connectivity index (χ1) is 10.8. The number of hydrogen-bond donors (Lipinski definition) is 1. The van der Waals surface area contributed by atoms with Crippen molar-refractivity contribution in [2.75, 3.05) is 24.7 Å². The second-order valence-electron chi connectivity index (χ2n) is 5.86. The average Bonchev–Trinajstić information content (AvgIpc) is 2.70. The Hall–Kier alpha value is -1.95. The van der Waals surface area contributed by atoms with Gasteiger partial charge < -0.3 is 14.9 Å². The van der Waals surface area contributed by atoms with Crippen molar-refractivity contribution in [1.82, 2.24) is 4.90 Å². The fraction of sp³-hybridized carbons (Fsp3) is 0.412. The van der Waals surface area contributed by atoms with Crippen molar-refractivity contribution in [3.8, 4) is 0 Å². The second kappa shape index (κ2) is 7.08. The summed E-state index contributed by atoms with van der Waals surface area (Å²) in [5.41, 5.74) is 3.81. The average molecular weight is 334 g/mol. The van der Waals surface area contributed by atoms with Gasteiger partial charge in [0.25, 0.3) is 5.91 Å². The van der Waals surface area contributed by atoms with Crippen LogP contribution in [-0.4, -0.2) is 47.1 Å². The van der Waals surface area contributed by atoms with E-state index in [1.807, 2.05) is 50.2 Å². The van der Waals surface area contributed by atoms with Crippen molar-refractivity contribution < 1.29 is 14.7 Å². The molecule has 5 nitrogen and oxygen atoms in total. The third-order valence-corrected chi connectivity index (χ3v) is 5.33. The van der Waals surface area contributed by atoms with Gasteiger partial charge in [-0.15, -0.1) is 11.8 Å². The lowest BCUT2D eigenvalue weighted by Gasteiger charge is -2.26. The van der Waals surface area contributed by atoms with E-state index in [9.17, 15) is 9.59 Å². The van der Waals surface area contributed by atoms with Gasteiger partial charge in [0.1, 0.15) is 5.37 Å². The standard InChI is InChI=1S/C17H22N2O3S/c1-11-12(2)17(23-10-15(20)21)19(16(11)22)9-13-5-7-14(8-6-13)18(3)4/h5-8,17H,9-10H2,1-4H3,(H,20,21). The summed E-state index contributed by atoms with van der Waals surface area (Å²) in [4.78, 5) is 27.1. The van der Waals surface area contributed by atoms with Crippen molar-refractivity contribution in [2.24, 2.45) is 0 Å². The van der Waals surface area contributed by atoms with Crippen molar-refractivity contribution in [3.05, 3.63) is 41.0 Å². The van der Waals surface area contributed by atoms with Gasteiger partial charge in [0.15, 0.2) is 0 Å². The molecule has 1 N–H and O–H groups in total. The third kappa shape index (κ3) is 3.88. The van der Waals surface area contributed by atoms with E-state index in [1.54, 1.807) is 11.8 Å². The molecule has 0 radical (unpaired) electrons. The van der Waals surface area contributed by atoms with Gasteiger partial charge in [-0.05, 0) is 37.1 Å². The van der Waals surface area contributed by atoms with Crippen LogP contribution >= 0.6 is 11.8 Å². The van der Waals surface area contributed by atoms with Crippen molar-refractivity contribution in [2.45, 2.75) is 25.8 Å². The lowest BCUT2D eigenvalue weighted by atomic mass is 10.2. The molecule has 124 valence electrons. The molecule has 1 aromatic carbocycles. The minimum absolute atomic E-state index is 0.0120. The highest BCUT2D eigenvalue weighted by Crippen LogP contribution is 2.34. The first-order valence-electron chi connectivity index (χ1n) is 7.39. The lowest BCUT2D eigenvalue weighted by Crippen LogP contribution is -2.33.